The first kappa shape index (κ1) is 54.4. The van der Waals surface area contributed by atoms with E-state index in [9.17, 15) is 59.9 Å². The van der Waals surface area contributed by atoms with Crippen LogP contribution in [-0.4, -0.2) is 124 Å². The molecule has 2 aliphatic rings. The van der Waals surface area contributed by atoms with Gasteiger partial charge < -0.3 is 48.9 Å². The predicted molar refractivity (Wildman–Crippen MR) is 130 cm³/mol. The summed E-state index contributed by atoms with van der Waals surface area (Å²) in [5.41, 5.74) is 0. The summed E-state index contributed by atoms with van der Waals surface area (Å²) in [6.45, 7) is -1.97. The van der Waals surface area contributed by atoms with E-state index in [1.165, 1.54) is 6.92 Å². The molecule has 2 heterocycles. The highest BCUT2D eigenvalue weighted by Crippen LogP contribution is 2.42. The average molecular weight is 894 g/mol. The fourth-order valence-corrected chi connectivity index (χ4v) is 4.99. The standard InChI is InChI=1S/C13H24O27S3.4OS/c1-2-5-8(36-43(24,25)26)11(35-40-17)13(30-5,4-28-42(21,22)23)31-12-10(34-39-16)9(33-38-15)7(32-37-14)6(29-12)3-27-41(18,19)20;4*1-2/h5-12,14-17H,2-4H2,1H3,(H,18,19,20)(H,21,22,23)(H,24,25,26);;;;/p-7/t5-,6?,7-,8?,9+,10?,11-,12+,13+;;;;/m1..../s1. The van der Waals surface area contributed by atoms with Crippen LogP contribution in [0.3, 0.4) is 0 Å². The van der Waals surface area contributed by atoms with Crippen LogP contribution in [0.1, 0.15) is 13.3 Å². The van der Waals surface area contributed by atoms with E-state index >= 15 is 0 Å². The molecule has 51 heavy (non-hydrogen) atoms. The predicted octanol–water partition coefficient (Wildman–Crippen LogP) is -9.94. The summed E-state index contributed by atoms with van der Waals surface area (Å²) in [7, 11) is -17.0. The molecular formula is C13H17O31S7-7. The van der Waals surface area contributed by atoms with Gasteiger partial charge in [0.15, 0.2) is 80.8 Å². The molecule has 0 aromatic carbocycles. The second-order valence-corrected chi connectivity index (χ2v) is 11.0. The van der Waals surface area contributed by atoms with Gasteiger partial charge in [-0.2, -0.15) is 16.8 Å². The Labute approximate surface area is 305 Å². The smallest absolute Gasteiger partial charge is 0.229 e. The third kappa shape index (κ3) is 19.3. The fourth-order valence-electron chi connectivity index (χ4n) is 3.89. The van der Waals surface area contributed by atoms with Gasteiger partial charge in [-0.25, -0.2) is 44.8 Å². The number of ether oxygens (including phenoxy) is 3. The van der Waals surface area contributed by atoms with Crippen LogP contribution >= 0.6 is 0 Å². The third-order valence-electron chi connectivity index (χ3n) is 5.36. The molecule has 3 unspecified atom stereocenters. The molecule has 0 amide bonds. The van der Waals surface area contributed by atoms with Crippen LogP contribution in [0.2, 0.25) is 0 Å². The van der Waals surface area contributed by atoms with Gasteiger partial charge in [-0.15, -0.1) is 0 Å². The molecular weight excluding hydrogens is 877 g/mol. The summed E-state index contributed by atoms with van der Waals surface area (Å²) in [6.07, 6.45) is -18.8. The molecule has 0 radical (unpaired) electrons. The zero-order valence-corrected chi connectivity index (χ0v) is 29.5. The molecule has 0 aromatic rings. The summed E-state index contributed by atoms with van der Waals surface area (Å²) < 4.78 is 160. The Morgan fingerprint density at radius 2 is 1.06 bits per heavy atom. The van der Waals surface area contributed by atoms with E-state index in [0.29, 0.717) is 0 Å². The molecule has 0 N–H and O–H groups in total. The minimum atomic E-state index is -5.73. The van der Waals surface area contributed by atoms with E-state index in [-0.39, 0.29) is 6.42 Å². The largest absolute Gasteiger partial charge is 0.726 e. The van der Waals surface area contributed by atoms with Crippen LogP contribution in [0.5, 0.6) is 0 Å². The molecule has 0 saturated carbocycles. The van der Waals surface area contributed by atoms with Gasteiger partial charge in [0, 0.05) is 0 Å². The van der Waals surface area contributed by atoms with Crippen LogP contribution in [0.15, 0.2) is 0 Å². The maximum atomic E-state index is 11.3. The molecule has 38 heteroatoms. The SMILES string of the molecule is CC[C@H]1O[C@@](COS(=O)(=O)[O-])(O[C@@H]2OC(COS(=O)(=O)[O-])[C@@H](OO[O-])[C@H](OO[O-])C2OO[O-])[C@H](OO[O-])C1OS(=O)(=O)[O-].O=S.O=S.O=S.O=S. The van der Waals surface area contributed by atoms with Gasteiger partial charge in [0.1, 0.15) is 18.8 Å². The van der Waals surface area contributed by atoms with Crippen LogP contribution < -0.4 is 21.0 Å². The number of hydrogen-bond acceptors (Lipinski definition) is 35. The van der Waals surface area contributed by atoms with Crippen LogP contribution in [0, 0.1) is 0 Å². The van der Waals surface area contributed by atoms with Gasteiger partial charge >= 0.3 is 0 Å². The maximum absolute atomic E-state index is 11.3. The Kier molecular flexibility index (Phi) is 29.5. The van der Waals surface area contributed by atoms with Gasteiger partial charge in [0.25, 0.3) is 0 Å². The highest BCUT2D eigenvalue weighted by Gasteiger charge is 2.63. The molecule has 2 fully saturated rings. The van der Waals surface area contributed by atoms with Gasteiger partial charge in [-0.05, 0) is 6.42 Å². The molecule has 0 spiro atoms. The average Bonchev–Trinajstić information content (AvgIpc) is 3.35. The van der Waals surface area contributed by atoms with Gasteiger partial charge in [0.2, 0.25) is 37.0 Å². The minimum Gasteiger partial charge on any atom is -0.726 e. The lowest BCUT2D eigenvalue weighted by Crippen LogP contribution is -2.65. The number of hydrogen-bond donors (Lipinski definition) is 0. The maximum Gasteiger partial charge on any atom is 0.229 e. The normalized spacial score (nSPS) is 29.0. The third-order valence-corrected chi connectivity index (χ3v) is 6.65. The zero-order chi connectivity index (χ0) is 40.6. The quantitative estimate of drug-likeness (QED) is 0.0503. The lowest BCUT2D eigenvalue weighted by Gasteiger charge is -2.46. The molecule has 2 rings (SSSR count). The Bertz CT molecular complexity index is 1250. The summed E-state index contributed by atoms with van der Waals surface area (Å²) in [6, 6.07) is 0. The van der Waals surface area contributed by atoms with Crippen LogP contribution in [-0.2, 0) is 148 Å². The molecule has 31 nitrogen and oxygen atoms in total. The fraction of sp³-hybridized carbons (Fsp3) is 1.00. The molecule has 0 aliphatic carbocycles. The minimum absolute atomic E-state index is 0.381. The van der Waals surface area contributed by atoms with Crippen molar-refractivity contribution in [3.05, 3.63) is 0 Å². The first-order valence-electron chi connectivity index (χ1n) is 11.3. The Morgan fingerprint density at radius 1 is 0.608 bits per heavy atom. The van der Waals surface area contributed by atoms with E-state index < -0.39 is 99.2 Å². The van der Waals surface area contributed by atoms with E-state index in [4.69, 9.17) is 31.0 Å². The molecule has 0 aromatic heterocycles. The lowest BCUT2D eigenvalue weighted by molar-refractivity contribution is -0.834. The first-order valence-corrected chi connectivity index (χ1v) is 16.6. The highest BCUT2D eigenvalue weighted by atomic mass is 32.3. The summed E-state index contributed by atoms with van der Waals surface area (Å²) in [4.78, 5) is 17.1. The Balaban J connectivity index is -0.00000268. The van der Waals surface area contributed by atoms with Crippen molar-refractivity contribution < 1.29 is 143 Å². The van der Waals surface area contributed by atoms with Gasteiger partial charge in [0.05, 0.1) is 12.7 Å². The van der Waals surface area contributed by atoms with Crippen molar-refractivity contribution in [1.82, 2.24) is 0 Å². The molecule has 2 saturated heterocycles. The summed E-state index contributed by atoms with van der Waals surface area (Å²) in [5.74, 6) is -3.21. The van der Waals surface area contributed by atoms with Crippen molar-refractivity contribution in [2.45, 2.75) is 68.1 Å². The van der Waals surface area contributed by atoms with E-state index in [0.717, 1.165) is 0 Å². The Hall–Kier alpha value is -0.910. The van der Waals surface area contributed by atoms with Crippen molar-refractivity contribution in [2.75, 3.05) is 13.2 Å². The second kappa shape index (κ2) is 27.6. The van der Waals surface area contributed by atoms with Crippen molar-refractivity contribution in [2.24, 2.45) is 0 Å². The van der Waals surface area contributed by atoms with Gasteiger partial charge in [-0.3, -0.25) is 32.7 Å². The van der Waals surface area contributed by atoms with Crippen molar-refractivity contribution in [3.63, 3.8) is 0 Å². The van der Waals surface area contributed by atoms with E-state index in [1.807, 2.05) is 0 Å². The van der Waals surface area contributed by atoms with E-state index in [1.54, 1.807) is 0 Å². The highest BCUT2D eigenvalue weighted by molar-refractivity contribution is 7.81. The second-order valence-electron chi connectivity index (χ2n) is 7.84. The Morgan fingerprint density at radius 3 is 1.47 bits per heavy atom. The van der Waals surface area contributed by atoms with Crippen LogP contribution in [0.25, 0.3) is 0 Å². The lowest BCUT2D eigenvalue weighted by atomic mass is 9.98. The summed E-state index contributed by atoms with van der Waals surface area (Å²) >= 11 is 11.3. The topological polar surface area (TPSA) is 461 Å². The van der Waals surface area contributed by atoms with Crippen molar-refractivity contribution >= 4 is 81.3 Å². The van der Waals surface area contributed by atoms with Crippen molar-refractivity contribution in [3.8, 4) is 0 Å². The monoisotopic (exact) mass is 893 g/mol. The van der Waals surface area contributed by atoms with Crippen LogP contribution in [0.4, 0.5) is 0 Å². The van der Waals surface area contributed by atoms with Crippen molar-refractivity contribution in [1.29, 1.82) is 0 Å². The van der Waals surface area contributed by atoms with E-state index in [2.05, 4.69) is 102 Å². The molecule has 9 atom stereocenters. The van der Waals surface area contributed by atoms with Gasteiger partial charge in [-0.1, -0.05) is 6.92 Å². The summed E-state index contributed by atoms with van der Waals surface area (Å²) in [5, 5.41) is 56.1. The number of rotatable bonds is 19. The zero-order valence-electron chi connectivity index (χ0n) is 23.8. The molecule has 2 aliphatic heterocycles. The first-order chi connectivity index (χ1) is 23.9. The molecule has 0 bridgehead atoms. The molecule has 304 valence electrons.